The van der Waals surface area contributed by atoms with Gasteiger partial charge in [-0.1, -0.05) is 363 Å². The first-order chi connectivity index (χ1) is 69.7. The van der Waals surface area contributed by atoms with E-state index < -0.39 is 131 Å². The highest BCUT2D eigenvalue weighted by Crippen LogP contribution is 2.53. The number of nitrogens with one attached hydrogen (secondary N) is 2. The highest BCUT2D eigenvalue weighted by Gasteiger charge is 2.38. The molecule has 0 unspecified atom stereocenters. The lowest BCUT2D eigenvalue weighted by atomic mass is 9.82. The molecular formula is C102H79Br2Cl7N12. The summed E-state index contributed by atoms with van der Waals surface area (Å²) >= 11 is 46.1. The van der Waals surface area contributed by atoms with Crippen molar-refractivity contribution >= 4 is 152 Å². The van der Waals surface area contributed by atoms with Gasteiger partial charge in [0.25, 0.3) is 0 Å². The molecule has 0 saturated heterocycles. The van der Waals surface area contributed by atoms with E-state index in [1.54, 1.807) is 12.1 Å². The number of benzene rings is 14. The summed E-state index contributed by atoms with van der Waals surface area (Å²) < 4.78 is 194. The van der Waals surface area contributed by atoms with E-state index in [1.165, 1.54) is 88.6 Å². The first-order valence-corrected chi connectivity index (χ1v) is 41.3. The maximum absolute atomic E-state index is 8.02. The molecule has 0 bridgehead atoms. The van der Waals surface area contributed by atoms with E-state index in [9.17, 15) is 0 Å². The maximum atomic E-state index is 8.02. The minimum absolute atomic E-state index is 0.000000000000000444. The molecule has 0 radical (unpaired) electrons. The van der Waals surface area contributed by atoms with Crippen LogP contribution in [0.5, 0.6) is 0 Å². The molecule has 0 aliphatic heterocycles. The first-order valence-electron chi connectivity index (χ1n) is 49.6. The average Bonchev–Trinajstić information content (AvgIpc) is 1.56. The molecule has 18 aromatic rings. The SMILES string of the molecule is CC1(C)c2ccccc2-c2cc3c(cc21)[nH]c1ccccc13.CC1(C)c2ccccc2-c2ccc(Br)cc21.CC1(C)c2ccccc2-c2ccc(Nc3ccccc3Cl)cc21.Clc1nc(Cl)nc(Cl)n1.Nc1ccccc1Cl.[2H]c1c([2H])c([2H])c(-c2nc(Cl)nc(-c3c([2H])c([2H])c([2H])c([2H])c3[2H])n2)c([2H])c1[2H].[2H]c1c([2H])c([2H])c(-c2nc(Cl)nc(-c3c([2H])c([2H])c([2H])c([2H])c3[2H])n2)c([2H])c1[2H].[2H]c1c([2H])c([2H])c(Br)c([2H])c1[2H]. The van der Waals surface area contributed by atoms with Gasteiger partial charge in [0.05, 0.1) is 55.7 Å². The third-order valence-corrected chi connectivity index (χ3v) is 21.9. The van der Waals surface area contributed by atoms with Gasteiger partial charge in [0.2, 0.25) is 26.4 Å². The fraction of sp³-hybridized carbons (Fsp3) is 0.0882. The highest BCUT2D eigenvalue weighted by atomic mass is 79.9. The molecule has 3 aliphatic carbocycles. The van der Waals surface area contributed by atoms with E-state index in [-0.39, 0.29) is 112 Å². The third-order valence-electron chi connectivity index (χ3n) is 19.5. The Kier molecular flexibility index (Phi) is 19.7. The standard InChI is InChI=1S/C21H18ClN.C21H17N.C15H13Br.2C15H10ClN3.C6H5Br.C6H6ClN.C3Cl3N3/c1-21(2)17-8-4-3-7-15(17)16-12-11-14(13-18(16)21)23-20-10-6-5-9-19(20)22;1-21(2)17-9-5-3-7-13(17)15-11-16-14-8-4-6-10-19(14)22-20(16)12-18(15)21;1-15(2)13-6-4-3-5-11(13)12-8-7-10(16)9-14(12)15;2*16-15-18-13(11-7-3-1-4-8-11)17-14(19-15)12-9-5-2-6-10-12;7-6-4-2-1-3-5-6;7-5-3-1-2-4-6(5)8;4-1-7-2(5)9-3(6)8-1/h3-13,23H,1-2H3;3-12,22H,1-2H3;3-9H,1-2H3;2*1-10H;1-5H;1-4H,8H2;/i;;;2*1D,2D,3D,4D,5D,6D,7D,8D,9D,10D;1D,2D,3D,4D,5D;;. The molecule has 4 N–H and O–H groups in total. The van der Waals surface area contributed by atoms with Crippen LogP contribution in [-0.2, 0) is 16.2 Å². The number of rotatable bonds is 6. The monoisotopic (exact) mass is 1900 g/mol. The molecule has 4 heterocycles. The molecule has 3 aliphatic rings. The van der Waals surface area contributed by atoms with Gasteiger partial charge >= 0.3 is 0 Å². The molecule has 21 heteroatoms. The van der Waals surface area contributed by atoms with Crippen LogP contribution in [0.3, 0.4) is 0 Å². The van der Waals surface area contributed by atoms with E-state index in [4.69, 9.17) is 121 Å². The van der Waals surface area contributed by atoms with Crippen molar-refractivity contribution in [1.29, 1.82) is 0 Å². The molecule has 0 atom stereocenters. The number of fused-ring (bicyclic) bond motifs is 12. The van der Waals surface area contributed by atoms with Crippen LogP contribution in [-0.4, -0.2) is 49.8 Å². The number of hydrogen-bond acceptors (Lipinski definition) is 11. The molecule has 0 spiro atoms. The van der Waals surface area contributed by atoms with Gasteiger partial charge in [0.15, 0.2) is 23.3 Å². The molecule has 21 rings (SSSR count). The number of halogens is 9. The normalized spacial score (nSPS) is 15.3. The van der Waals surface area contributed by atoms with Crippen molar-refractivity contribution in [2.24, 2.45) is 0 Å². The molecule has 0 amide bonds. The Morgan fingerprint density at radius 1 is 0.301 bits per heavy atom. The Morgan fingerprint density at radius 2 is 0.650 bits per heavy atom. The number of aromatic amines is 1. The second kappa shape index (κ2) is 39.8. The summed E-state index contributed by atoms with van der Waals surface area (Å²) in [5.74, 6) is -1.54. The molecule has 14 aromatic carbocycles. The lowest BCUT2D eigenvalue weighted by molar-refractivity contribution is 0.660. The zero-order chi connectivity index (χ0) is 108. The smallest absolute Gasteiger partial charge is 0.227 e. The summed E-state index contributed by atoms with van der Waals surface area (Å²) in [4.78, 5) is 37.2. The Labute approximate surface area is 802 Å². The summed E-state index contributed by atoms with van der Waals surface area (Å²) in [6.45, 7) is 13.8. The number of anilines is 3. The predicted octanol–water partition coefficient (Wildman–Crippen LogP) is 30.7. The zero-order valence-corrected chi connectivity index (χ0v) is 73.9. The van der Waals surface area contributed by atoms with Crippen LogP contribution in [0.2, 0.25) is 36.5 Å². The fourth-order valence-corrected chi connectivity index (χ4v) is 15.6. The molecule has 123 heavy (non-hydrogen) atoms. The Balaban J connectivity index is 0.000000138. The zero-order valence-electron chi connectivity index (χ0n) is 90.5. The lowest BCUT2D eigenvalue weighted by Crippen LogP contribution is -2.15. The van der Waals surface area contributed by atoms with Gasteiger partial charge in [0, 0.05) is 74.9 Å². The lowest BCUT2D eigenvalue weighted by Gasteiger charge is -2.22. The average molecular weight is 1910 g/mol. The van der Waals surface area contributed by atoms with Crippen LogP contribution in [0.1, 0.15) is 109 Å². The van der Waals surface area contributed by atoms with Gasteiger partial charge in [-0.15, -0.1) is 0 Å². The molecule has 4 aromatic heterocycles. The van der Waals surface area contributed by atoms with Crippen molar-refractivity contribution in [2.45, 2.75) is 57.8 Å². The van der Waals surface area contributed by atoms with E-state index in [0.29, 0.717) is 10.7 Å². The Bertz CT molecular complexity index is 7740. The minimum atomic E-state index is -0.609. The first kappa shape index (κ1) is 60.9. The number of aromatic nitrogens is 10. The minimum Gasteiger partial charge on any atom is -0.398 e. The van der Waals surface area contributed by atoms with Crippen LogP contribution in [0.15, 0.2) is 354 Å². The predicted molar refractivity (Wildman–Crippen MR) is 520 cm³/mol. The van der Waals surface area contributed by atoms with Gasteiger partial charge in [-0.05, 0) is 204 Å². The Hall–Kier alpha value is -11.5. The molecule has 0 saturated carbocycles. The van der Waals surface area contributed by atoms with Gasteiger partial charge in [-0.3, -0.25) is 0 Å². The number of nitrogen functional groups attached to an aromatic ring is 1. The van der Waals surface area contributed by atoms with Crippen molar-refractivity contribution in [2.75, 3.05) is 11.1 Å². The van der Waals surface area contributed by atoms with E-state index in [0.717, 1.165) is 20.9 Å². The highest BCUT2D eigenvalue weighted by molar-refractivity contribution is 9.10. The Morgan fingerprint density at radius 3 is 1.08 bits per heavy atom. The summed E-state index contributed by atoms with van der Waals surface area (Å²) in [6.07, 6.45) is 0. The van der Waals surface area contributed by atoms with Crippen molar-refractivity contribution < 1.29 is 34.3 Å². The quantitative estimate of drug-likeness (QED) is 0.135. The molecule has 610 valence electrons. The van der Waals surface area contributed by atoms with Crippen molar-refractivity contribution in [3.63, 3.8) is 0 Å². The molecule has 0 fully saturated rings. The number of nitrogens with zero attached hydrogens (tertiary/aromatic N) is 9. The fourth-order valence-electron chi connectivity index (χ4n) is 13.8. The second-order valence-electron chi connectivity index (χ2n) is 28.3. The number of H-pyrrole nitrogens is 1. The van der Waals surface area contributed by atoms with E-state index in [1.807, 2.05) is 36.4 Å². The van der Waals surface area contributed by atoms with Crippen molar-refractivity contribution in [3.05, 3.63) is 424 Å². The number of nitrogens with two attached hydrogens (primary N) is 1. The van der Waals surface area contributed by atoms with Gasteiger partial charge in [0.1, 0.15) is 0 Å². The summed E-state index contributed by atoms with van der Waals surface area (Å²) in [5.41, 5.74) is 25.9. The van der Waals surface area contributed by atoms with Crippen LogP contribution in [0, 0.1) is 0 Å². The van der Waals surface area contributed by atoms with Gasteiger partial charge in [-0.2, -0.15) is 34.9 Å². The third kappa shape index (κ3) is 21.1. The van der Waals surface area contributed by atoms with E-state index in [2.05, 4.69) is 274 Å². The van der Waals surface area contributed by atoms with Gasteiger partial charge in [-0.25, -0.2) is 9.97 Å². The van der Waals surface area contributed by atoms with Crippen LogP contribution < -0.4 is 11.1 Å². The number of hydrogen-bond donors (Lipinski definition) is 3. The molecular weight excluding hydrogens is 1800 g/mol. The van der Waals surface area contributed by atoms with Crippen LogP contribution >= 0.6 is 113 Å². The maximum Gasteiger partial charge on any atom is 0.227 e. The van der Waals surface area contributed by atoms with E-state index >= 15 is 0 Å². The summed E-state index contributed by atoms with van der Waals surface area (Å²) in [6, 6.07) is 54.3. The van der Waals surface area contributed by atoms with Crippen molar-refractivity contribution in [3.8, 4) is 78.9 Å². The summed E-state index contributed by atoms with van der Waals surface area (Å²) in [5, 5.41) is 6.53. The largest absolute Gasteiger partial charge is 0.398 e. The van der Waals surface area contributed by atoms with Crippen LogP contribution in [0.4, 0.5) is 17.1 Å². The molecule has 12 nitrogen and oxygen atoms in total. The summed E-state index contributed by atoms with van der Waals surface area (Å²) in [7, 11) is 0. The number of para-hydroxylation sites is 3. The van der Waals surface area contributed by atoms with Crippen LogP contribution in [0.25, 0.3) is 101 Å². The topological polar surface area (TPSA) is 170 Å². The second-order valence-corrected chi connectivity index (χ2v) is 32.5. The van der Waals surface area contributed by atoms with Crippen molar-refractivity contribution in [1.82, 2.24) is 49.8 Å². The van der Waals surface area contributed by atoms with Gasteiger partial charge < -0.3 is 16.0 Å².